The van der Waals surface area contributed by atoms with Crippen LogP contribution >= 0.6 is 0 Å². The van der Waals surface area contributed by atoms with Crippen molar-refractivity contribution in [1.82, 2.24) is 14.7 Å². The highest BCUT2D eigenvalue weighted by Gasteiger charge is 2.20. The van der Waals surface area contributed by atoms with Gasteiger partial charge >= 0.3 is 5.97 Å². The van der Waals surface area contributed by atoms with Crippen molar-refractivity contribution >= 4 is 16.0 Å². The zero-order valence-electron chi connectivity index (χ0n) is 11.1. The average molecular weight is 307 g/mol. The first-order valence-electron chi connectivity index (χ1n) is 6.02. The van der Waals surface area contributed by atoms with Crippen LogP contribution in [0.4, 0.5) is 0 Å². The standard InChI is InChI=1S/C13H13N3O4S/c1-9(10-4-6-14-7-5-10)16-21(19,20)12-3-2-11(8-15-12)13(17)18/h2-9,16H,1H3,(H,17,18)/t9-/m1/s1. The fraction of sp³-hybridized carbons (Fsp3) is 0.154. The Morgan fingerprint density at radius 2 is 1.90 bits per heavy atom. The maximum atomic E-state index is 12.2. The van der Waals surface area contributed by atoms with E-state index < -0.39 is 22.0 Å². The molecule has 0 unspecified atom stereocenters. The minimum Gasteiger partial charge on any atom is -0.478 e. The van der Waals surface area contributed by atoms with Gasteiger partial charge in [-0.3, -0.25) is 4.98 Å². The molecule has 0 amide bonds. The smallest absolute Gasteiger partial charge is 0.337 e. The molecule has 0 aliphatic carbocycles. The van der Waals surface area contributed by atoms with Crippen LogP contribution in [-0.4, -0.2) is 29.5 Å². The second-order valence-corrected chi connectivity index (χ2v) is 5.97. The molecule has 8 heteroatoms. The highest BCUT2D eigenvalue weighted by atomic mass is 32.2. The van der Waals surface area contributed by atoms with Crippen LogP contribution in [0.2, 0.25) is 0 Å². The number of hydrogen-bond donors (Lipinski definition) is 2. The Morgan fingerprint density at radius 1 is 1.24 bits per heavy atom. The Hall–Kier alpha value is -2.32. The quantitative estimate of drug-likeness (QED) is 0.859. The minimum atomic E-state index is -3.82. The van der Waals surface area contributed by atoms with Crippen LogP contribution in [-0.2, 0) is 10.0 Å². The van der Waals surface area contributed by atoms with Crippen LogP contribution in [0.1, 0.15) is 28.9 Å². The fourth-order valence-electron chi connectivity index (χ4n) is 1.68. The van der Waals surface area contributed by atoms with Gasteiger partial charge in [0.1, 0.15) is 0 Å². The summed E-state index contributed by atoms with van der Waals surface area (Å²) in [6.07, 6.45) is 4.15. The Bertz CT molecular complexity index is 730. The summed E-state index contributed by atoms with van der Waals surface area (Å²) in [5.74, 6) is -1.16. The SMILES string of the molecule is C[C@@H](NS(=O)(=O)c1ccc(C(=O)O)cn1)c1ccncc1. The van der Waals surface area contributed by atoms with Gasteiger partial charge < -0.3 is 5.11 Å². The van der Waals surface area contributed by atoms with Crippen molar-refractivity contribution in [2.24, 2.45) is 0 Å². The molecule has 1 atom stereocenters. The molecule has 0 aromatic carbocycles. The molecule has 2 aromatic rings. The van der Waals surface area contributed by atoms with E-state index in [9.17, 15) is 13.2 Å². The number of hydrogen-bond acceptors (Lipinski definition) is 5. The largest absolute Gasteiger partial charge is 0.478 e. The molecule has 0 saturated heterocycles. The topological polar surface area (TPSA) is 109 Å². The Labute approximate surface area is 121 Å². The molecule has 2 aromatic heterocycles. The van der Waals surface area contributed by atoms with E-state index in [0.29, 0.717) is 0 Å². The van der Waals surface area contributed by atoms with Crippen molar-refractivity contribution in [2.45, 2.75) is 18.0 Å². The number of pyridine rings is 2. The number of carboxylic acids is 1. The monoisotopic (exact) mass is 307 g/mol. The van der Waals surface area contributed by atoms with Gasteiger partial charge in [0, 0.05) is 24.6 Å². The minimum absolute atomic E-state index is 0.0730. The summed E-state index contributed by atoms with van der Waals surface area (Å²) in [5, 5.41) is 8.53. The number of sulfonamides is 1. The number of carboxylic acid groups (broad SMARTS) is 1. The van der Waals surface area contributed by atoms with Gasteiger partial charge in [-0.05, 0) is 36.8 Å². The van der Waals surface area contributed by atoms with E-state index in [0.717, 1.165) is 17.8 Å². The first-order chi connectivity index (χ1) is 9.90. The molecular formula is C13H13N3O4S. The lowest BCUT2D eigenvalue weighted by atomic mass is 10.1. The van der Waals surface area contributed by atoms with E-state index in [1.165, 1.54) is 6.07 Å². The van der Waals surface area contributed by atoms with E-state index in [1.54, 1.807) is 31.5 Å². The second kappa shape index (κ2) is 5.98. The zero-order chi connectivity index (χ0) is 15.5. The molecule has 2 heterocycles. The predicted octanol–water partition coefficient (Wildman–Crippen LogP) is 1.21. The lowest BCUT2D eigenvalue weighted by molar-refractivity contribution is 0.0696. The summed E-state index contributed by atoms with van der Waals surface area (Å²) in [4.78, 5) is 18.3. The molecule has 0 fully saturated rings. The van der Waals surface area contributed by atoms with Gasteiger partial charge in [-0.1, -0.05) is 0 Å². The average Bonchev–Trinajstić information content (AvgIpc) is 2.48. The van der Waals surface area contributed by atoms with Gasteiger partial charge in [0.15, 0.2) is 5.03 Å². The van der Waals surface area contributed by atoms with Crippen molar-refractivity contribution in [3.63, 3.8) is 0 Å². The molecule has 2 N–H and O–H groups in total. The third-order valence-corrected chi connectivity index (χ3v) is 4.25. The van der Waals surface area contributed by atoms with Crippen LogP contribution < -0.4 is 4.72 Å². The third kappa shape index (κ3) is 3.61. The lowest BCUT2D eigenvalue weighted by Crippen LogP contribution is -2.27. The second-order valence-electron chi connectivity index (χ2n) is 4.31. The van der Waals surface area contributed by atoms with E-state index >= 15 is 0 Å². The molecule has 7 nitrogen and oxygen atoms in total. The van der Waals surface area contributed by atoms with Crippen LogP contribution in [0.25, 0.3) is 0 Å². The molecule has 110 valence electrons. The highest BCUT2D eigenvalue weighted by molar-refractivity contribution is 7.89. The van der Waals surface area contributed by atoms with Gasteiger partial charge in [0.25, 0.3) is 10.0 Å². The number of carbonyl (C=O) groups is 1. The summed E-state index contributed by atoms with van der Waals surface area (Å²) in [5.41, 5.74) is 0.687. The van der Waals surface area contributed by atoms with Gasteiger partial charge in [-0.15, -0.1) is 0 Å². The van der Waals surface area contributed by atoms with E-state index in [1.807, 2.05) is 0 Å². The summed E-state index contributed by atoms with van der Waals surface area (Å²) in [6.45, 7) is 1.69. The molecular weight excluding hydrogens is 294 g/mol. The van der Waals surface area contributed by atoms with E-state index in [-0.39, 0.29) is 10.6 Å². The maximum absolute atomic E-state index is 12.2. The van der Waals surface area contributed by atoms with E-state index in [4.69, 9.17) is 5.11 Å². The van der Waals surface area contributed by atoms with Crippen molar-refractivity contribution in [2.75, 3.05) is 0 Å². The molecule has 0 aliphatic rings. The summed E-state index contributed by atoms with van der Waals surface area (Å²) in [7, 11) is -3.82. The molecule has 2 rings (SSSR count). The predicted molar refractivity (Wildman–Crippen MR) is 74.2 cm³/mol. The number of rotatable bonds is 5. The Morgan fingerprint density at radius 3 is 2.43 bits per heavy atom. The van der Waals surface area contributed by atoms with Crippen LogP contribution in [0.15, 0.2) is 47.9 Å². The molecule has 21 heavy (non-hydrogen) atoms. The van der Waals surface area contributed by atoms with Gasteiger partial charge in [-0.25, -0.2) is 22.9 Å². The summed E-state index contributed by atoms with van der Waals surface area (Å²) in [6, 6.07) is 5.30. The lowest BCUT2D eigenvalue weighted by Gasteiger charge is -2.13. The fourth-order valence-corrected chi connectivity index (χ4v) is 2.84. The number of aromatic nitrogens is 2. The first-order valence-corrected chi connectivity index (χ1v) is 7.50. The number of aromatic carboxylic acids is 1. The van der Waals surface area contributed by atoms with Gasteiger partial charge in [0.2, 0.25) is 0 Å². The molecule has 0 radical (unpaired) electrons. The van der Waals surface area contributed by atoms with Crippen LogP contribution in [0.5, 0.6) is 0 Å². The molecule has 0 spiro atoms. The van der Waals surface area contributed by atoms with Gasteiger partial charge in [-0.2, -0.15) is 0 Å². The van der Waals surface area contributed by atoms with Crippen molar-refractivity contribution in [3.05, 3.63) is 54.0 Å². The molecule has 0 saturated carbocycles. The van der Waals surface area contributed by atoms with Crippen LogP contribution in [0.3, 0.4) is 0 Å². The zero-order valence-corrected chi connectivity index (χ0v) is 11.9. The maximum Gasteiger partial charge on any atom is 0.337 e. The number of nitrogens with one attached hydrogen (secondary N) is 1. The molecule has 0 aliphatic heterocycles. The van der Waals surface area contributed by atoms with E-state index in [2.05, 4.69) is 14.7 Å². The van der Waals surface area contributed by atoms with Crippen molar-refractivity contribution in [3.8, 4) is 0 Å². The first kappa shape index (κ1) is 15.1. The third-order valence-electron chi connectivity index (χ3n) is 2.80. The van der Waals surface area contributed by atoms with Crippen molar-refractivity contribution in [1.29, 1.82) is 0 Å². The van der Waals surface area contributed by atoms with Gasteiger partial charge in [0.05, 0.1) is 5.56 Å². The number of nitrogens with zero attached hydrogens (tertiary/aromatic N) is 2. The summed E-state index contributed by atoms with van der Waals surface area (Å²) < 4.78 is 26.8. The Kier molecular flexibility index (Phi) is 4.29. The van der Waals surface area contributed by atoms with Crippen molar-refractivity contribution < 1.29 is 18.3 Å². The summed E-state index contributed by atoms with van der Waals surface area (Å²) >= 11 is 0. The highest BCUT2D eigenvalue weighted by Crippen LogP contribution is 2.15. The molecule has 0 bridgehead atoms. The normalized spacial score (nSPS) is 12.8. The Balaban J connectivity index is 2.20. The van der Waals surface area contributed by atoms with Crippen LogP contribution in [0, 0.1) is 0 Å².